The maximum Gasteiger partial charge on any atom is 0.232 e. The van der Waals surface area contributed by atoms with Gasteiger partial charge in [0.15, 0.2) is 0 Å². The Bertz CT molecular complexity index is 329. The van der Waals surface area contributed by atoms with Crippen LogP contribution < -0.4 is 10.1 Å². The van der Waals surface area contributed by atoms with Crippen LogP contribution in [0.25, 0.3) is 0 Å². The molecule has 1 aromatic heterocycles. The van der Waals surface area contributed by atoms with Gasteiger partial charge in [0.2, 0.25) is 5.88 Å². The molecule has 0 aliphatic rings. The molecular formula is C14H25N3O. The van der Waals surface area contributed by atoms with Gasteiger partial charge >= 0.3 is 0 Å². The van der Waals surface area contributed by atoms with Gasteiger partial charge in [-0.3, -0.25) is 4.98 Å². The summed E-state index contributed by atoms with van der Waals surface area (Å²) in [6.45, 7) is 9.02. The SMILES string of the molecule is CCCCCOc1cncc(CNCC(C)C)n1. The normalized spacial score (nSPS) is 10.9. The molecule has 18 heavy (non-hydrogen) atoms. The first-order valence-corrected chi connectivity index (χ1v) is 6.86. The Hall–Kier alpha value is -1.16. The van der Waals surface area contributed by atoms with E-state index in [1.165, 1.54) is 12.8 Å². The van der Waals surface area contributed by atoms with Crippen molar-refractivity contribution in [2.24, 2.45) is 5.92 Å². The van der Waals surface area contributed by atoms with Gasteiger partial charge < -0.3 is 10.1 Å². The first-order chi connectivity index (χ1) is 8.72. The van der Waals surface area contributed by atoms with Crippen LogP contribution in [0.15, 0.2) is 12.4 Å². The van der Waals surface area contributed by atoms with Gasteiger partial charge in [0.1, 0.15) is 0 Å². The molecule has 1 N–H and O–H groups in total. The second-order valence-electron chi connectivity index (χ2n) is 4.93. The van der Waals surface area contributed by atoms with E-state index >= 15 is 0 Å². The van der Waals surface area contributed by atoms with E-state index in [2.05, 4.69) is 36.1 Å². The van der Waals surface area contributed by atoms with Crippen molar-refractivity contribution in [3.05, 3.63) is 18.1 Å². The highest BCUT2D eigenvalue weighted by Crippen LogP contribution is 2.06. The lowest BCUT2D eigenvalue weighted by atomic mass is 10.2. The quantitative estimate of drug-likeness (QED) is 0.686. The Morgan fingerprint density at radius 2 is 2.11 bits per heavy atom. The highest BCUT2D eigenvalue weighted by atomic mass is 16.5. The molecule has 0 saturated heterocycles. The number of ether oxygens (including phenoxy) is 1. The fourth-order valence-electron chi connectivity index (χ4n) is 1.56. The minimum Gasteiger partial charge on any atom is -0.477 e. The summed E-state index contributed by atoms with van der Waals surface area (Å²) in [4.78, 5) is 8.57. The molecule has 0 fully saturated rings. The largest absolute Gasteiger partial charge is 0.477 e. The Kier molecular flexibility index (Phi) is 7.34. The fourth-order valence-corrected chi connectivity index (χ4v) is 1.56. The highest BCUT2D eigenvalue weighted by Gasteiger charge is 2.00. The van der Waals surface area contributed by atoms with Crippen molar-refractivity contribution in [3.63, 3.8) is 0 Å². The van der Waals surface area contributed by atoms with Gasteiger partial charge in [-0.2, -0.15) is 0 Å². The predicted octanol–water partition coefficient (Wildman–Crippen LogP) is 2.79. The average Bonchev–Trinajstić information content (AvgIpc) is 2.35. The number of hydrogen-bond donors (Lipinski definition) is 1. The molecule has 0 aliphatic heterocycles. The topological polar surface area (TPSA) is 47.0 Å². The number of nitrogens with zero attached hydrogens (tertiary/aromatic N) is 2. The van der Waals surface area contributed by atoms with Crippen LogP contribution in [-0.2, 0) is 6.54 Å². The lowest BCUT2D eigenvalue weighted by Crippen LogP contribution is -2.19. The van der Waals surface area contributed by atoms with Gasteiger partial charge in [0.05, 0.1) is 18.5 Å². The molecule has 0 radical (unpaired) electrons. The van der Waals surface area contributed by atoms with E-state index in [-0.39, 0.29) is 0 Å². The maximum atomic E-state index is 5.57. The molecule has 0 bridgehead atoms. The maximum absolute atomic E-state index is 5.57. The van der Waals surface area contributed by atoms with Crippen molar-refractivity contribution in [2.75, 3.05) is 13.2 Å². The van der Waals surface area contributed by atoms with Gasteiger partial charge in [-0.1, -0.05) is 33.6 Å². The molecule has 0 aliphatic carbocycles. The third-order valence-electron chi connectivity index (χ3n) is 2.52. The summed E-state index contributed by atoms with van der Waals surface area (Å²) in [5.41, 5.74) is 0.934. The second-order valence-corrected chi connectivity index (χ2v) is 4.93. The Labute approximate surface area is 110 Å². The third-order valence-corrected chi connectivity index (χ3v) is 2.52. The van der Waals surface area contributed by atoms with E-state index in [1.54, 1.807) is 12.4 Å². The predicted molar refractivity (Wildman–Crippen MR) is 73.6 cm³/mol. The van der Waals surface area contributed by atoms with E-state index in [1.807, 2.05) is 0 Å². The molecule has 0 amide bonds. The zero-order valence-electron chi connectivity index (χ0n) is 11.8. The molecule has 1 heterocycles. The van der Waals surface area contributed by atoms with Crippen molar-refractivity contribution < 1.29 is 4.74 Å². The molecule has 0 aromatic carbocycles. The van der Waals surface area contributed by atoms with Gasteiger partial charge in [-0.25, -0.2) is 4.98 Å². The van der Waals surface area contributed by atoms with E-state index in [9.17, 15) is 0 Å². The van der Waals surface area contributed by atoms with Crippen molar-refractivity contribution in [1.29, 1.82) is 0 Å². The van der Waals surface area contributed by atoms with Crippen molar-refractivity contribution in [2.45, 2.75) is 46.6 Å². The van der Waals surface area contributed by atoms with Crippen molar-refractivity contribution in [3.8, 4) is 5.88 Å². The van der Waals surface area contributed by atoms with Crippen LogP contribution in [0.3, 0.4) is 0 Å². The average molecular weight is 251 g/mol. The zero-order valence-corrected chi connectivity index (χ0v) is 11.8. The van der Waals surface area contributed by atoms with Crippen LogP contribution in [0.2, 0.25) is 0 Å². The lowest BCUT2D eigenvalue weighted by Gasteiger charge is -2.08. The number of rotatable bonds is 9. The smallest absolute Gasteiger partial charge is 0.232 e. The monoisotopic (exact) mass is 251 g/mol. The zero-order chi connectivity index (χ0) is 13.2. The number of unbranched alkanes of at least 4 members (excludes halogenated alkanes) is 2. The Balaban J connectivity index is 2.32. The fraction of sp³-hybridized carbons (Fsp3) is 0.714. The van der Waals surface area contributed by atoms with Crippen LogP contribution in [0.5, 0.6) is 5.88 Å². The molecule has 0 saturated carbocycles. The Morgan fingerprint density at radius 1 is 1.28 bits per heavy atom. The molecule has 4 nitrogen and oxygen atoms in total. The van der Waals surface area contributed by atoms with E-state index in [0.29, 0.717) is 11.8 Å². The summed E-state index contributed by atoms with van der Waals surface area (Å²) in [7, 11) is 0. The highest BCUT2D eigenvalue weighted by molar-refractivity contribution is 5.08. The van der Waals surface area contributed by atoms with Crippen LogP contribution in [0, 0.1) is 5.92 Å². The molecule has 1 rings (SSSR count). The molecule has 4 heteroatoms. The Morgan fingerprint density at radius 3 is 2.83 bits per heavy atom. The van der Waals surface area contributed by atoms with Gasteiger partial charge in [0.25, 0.3) is 0 Å². The summed E-state index contributed by atoms with van der Waals surface area (Å²) in [5, 5.41) is 3.35. The first kappa shape index (κ1) is 14.9. The second kappa shape index (κ2) is 8.86. The summed E-state index contributed by atoms with van der Waals surface area (Å²) < 4.78 is 5.57. The summed E-state index contributed by atoms with van der Waals surface area (Å²) in [6, 6.07) is 0. The number of hydrogen-bond acceptors (Lipinski definition) is 4. The van der Waals surface area contributed by atoms with E-state index < -0.39 is 0 Å². The van der Waals surface area contributed by atoms with Gasteiger partial charge in [-0.15, -0.1) is 0 Å². The number of aromatic nitrogens is 2. The lowest BCUT2D eigenvalue weighted by molar-refractivity contribution is 0.292. The van der Waals surface area contributed by atoms with Crippen LogP contribution in [0.1, 0.15) is 45.7 Å². The van der Waals surface area contributed by atoms with Gasteiger partial charge in [0, 0.05) is 12.7 Å². The minimum atomic E-state index is 0.634. The molecule has 1 aromatic rings. The molecule has 0 atom stereocenters. The van der Waals surface area contributed by atoms with E-state index in [4.69, 9.17) is 4.74 Å². The van der Waals surface area contributed by atoms with Gasteiger partial charge in [-0.05, 0) is 18.9 Å². The third kappa shape index (κ3) is 6.55. The summed E-state index contributed by atoms with van der Waals surface area (Å²) in [6.07, 6.45) is 6.94. The van der Waals surface area contributed by atoms with E-state index in [0.717, 1.165) is 31.8 Å². The first-order valence-electron chi connectivity index (χ1n) is 6.86. The van der Waals surface area contributed by atoms with Crippen LogP contribution >= 0.6 is 0 Å². The standard InChI is InChI=1S/C14H25N3O/c1-4-5-6-7-18-14-11-16-10-13(17-14)9-15-8-12(2)3/h10-12,15H,4-9H2,1-3H3. The molecule has 0 spiro atoms. The molecule has 102 valence electrons. The van der Waals surface area contributed by atoms with Crippen LogP contribution in [-0.4, -0.2) is 23.1 Å². The van der Waals surface area contributed by atoms with Crippen molar-refractivity contribution >= 4 is 0 Å². The summed E-state index contributed by atoms with van der Waals surface area (Å²) in [5.74, 6) is 1.28. The minimum absolute atomic E-state index is 0.634. The van der Waals surface area contributed by atoms with Crippen molar-refractivity contribution in [1.82, 2.24) is 15.3 Å². The van der Waals surface area contributed by atoms with Crippen LogP contribution in [0.4, 0.5) is 0 Å². The molecular weight excluding hydrogens is 226 g/mol. The molecule has 0 unspecified atom stereocenters. The number of nitrogens with one attached hydrogen (secondary N) is 1. The summed E-state index contributed by atoms with van der Waals surface area (Å²) >= 11 is 0.